The monoisotopic (exact) mass is 374 g/mol. The summed E-state index contributed by atoms with van der Waals surface area (Å²) in [5.74, 6) is 0. The Morgan fingerprint density at radius 1 is 1.20 bits per heavy atom. The van der Waals surface area contributed by atoms with Gasteiger partial charge in [-0.05, 0) is 64.8 Å². The Hall–Kier alpha value is -1.24. The molecule has 0 spiro atoms. The van der Waals surface area contributed by atoms with Crippen LogP contribution in [0.15, 0.2) is 45.8 Å². The van der Waals surface area contributed by atoms with Crippen molar-refractivity contribution in [1.29, 1.82) is 0 Å². The molecule has 2 aromatic carbocycles. The molecule has 0 fully saturated rings. The molecule has 20 heavy (non-hydrogen) atoms. The molecule has 4 nitrogen and oxygen atoms in total. The van der Waals surface area contributed by atoms with Crippen LogP contribution < -0.4 is 10.5 Å². The highest BCUT2D eigenvalue weighted by Crippen LogP contribution is 2.27. The standard InChI is InChI=1S/C13H12BrClN2O2S/c1-8-6-9(16)2-5-13(8)20(18,19)17-10-3-4-12(15)11(14)7-10/h2-7,17H,16H2,1H3. The first-order valence-electron chi connectivity index (χ1n) is 5.63. The van der Waals surface area contributed by atoms with Crippen molar-refractivity contribution in [3.8, 4) is 0 Å². The number of benzene rings is 2. The van der Waals surface area contributed by atoms with E-state index in [1.54, 1.807) is 37.3 Å². The van der Waals surface area contributed by atoms with Gasteiger partial charge in [0.2, 0.25) is 0 Å². The van der Waals surface area contributed by atoms with Gasteiger partial charge in [0.15, 0.2) is 0 Å². The molecule has 0 heterocycles. The Morgan fingerprint density at radius 2 is 1.90 bits per heavy atom. The molecule has 2 rings (SSSR count). The van der Waals surface area contributed by atoms with E-state index in [2.05, 4.69) is 20.7 Å². The van der Waals surface area contributed by atoms with Crippen molar-refractivity contribution in [2.45, 2.75) is 11.8 Å². The summed E-state index contributed by atoms with van der Waals surface area (Å²) in [6.07, 6.45) is 0. The quantitative estimate of drug-likeness (QED) is 0.802. The fourth-order valence-corrected chi connectivity index (χ4v) is 3.52. The Balaban J connectivity index is 2.38. The van der Waals surface area contributed by atoms with Gasteiger partial charge in [-0.3, -0.25) is 4.72 Å². The minimum absolute atomic E-state index is 0.192. The second-order valence-electron chi connectivity index (χ2n) is 4.26. The lowest BCUT2D eigenvalue weighted by atomic mass is 10.2. The van der Waals surface area contributed by atoms with E-state index in [4.69, 9.17) is 17.3 Å². The van der Waals surface area contributed by atoms with E-state index >= 15 is 0 Å². The zero-order valence-corrected chi connectivity index (χ0v) is 13.7. The van der Waals surface area contributed by atoms with Crippen LogP contribution in [0.4, 0.5) is 11.4 Å². The van der Waals surface area contributed by atoms with Gasteiger partial charge in [0.1, 0.15) is 0 Å². The maximum atomic E-state index is 12.3. The minimum Gasteiger partial charge on any atom is -0.399 e. The molecule has 0 saturated carbocycles. The molecule has 106 valence electrons. The maximum absolute atomic E-state index is 12.3. The molecule has 0 atom stereocenters. The molecule has 0 radical (unpaired) electrons. The smallest absolute Gasteiger partial charge is 0.262 e. The van der Waals surface area contributed by atoms with Crippen LogP contribution in [-0.2, 0) is 10.0 Å². The number of rotatable bonds is 3. The number of aryl methyl sites for hydroxylation is 1. The van der Waals surface area contributed by atoms with Crippen molar-refractivity contribution < 1.29 is 8.42 Å². The lowest BCUT2D eigenvalue weighted by molar-refractivity contribution is 0.600. The summed E-state index contributed by atoms with van der Waals surface area (Å²) in [5, 5.41) is 0.511. The minimum atomic E-state index is -3.66. The van der Waals surface area contributed by atoms with Crippen LogP contribution in [0.3, 0.4) is 0 Å². The summed E-state index contributed by atoms with van der Waals surface area (Å²) < 4.78 is 27.8. The lowest BCUT2D eigenvalue weighted by Gasteiger charge is -2.11. The highest BCUT2D eigenvalue weighted by molar-refractivity contribution is 9.10. The fraction of sp³-hybridized carbons (Fsp3) is 0.0769. The van der Waals surface area contributed by atoms with E-state index in [-0.39, 0.29) is 4.90 Å². The van der Waals surface area contributed by atoms with Crippen LogP contribution in [0.5, 0.6) is 0 Å². The number of hydrogen-bond donors (Lipinski definition) is 2. The number of nitrogens with two attached hydrogens (primary N) is 1. The Bertz CT molecular complexity index is 763. The molecular formula is C13H12BrClN2O2S. The molecule has 0 saturated heterocycles. The van der Waals surface area contributed by atoms with Crippen LogP contribution >= 0.6 is 27.5 Å². The summed E-state index contributed by atoms with van der Waals surface area (Å²) in [6, 6.07) is 9.47. The second-order valence-corrected chi connectivity index (χ2v) is 7.17. The van der Waals surface area contributed by atoms with Crippen LogP contribution in [0.1, 0.15) is 5.56 Å². The van der Waals surface area contributed by atoms with E-state index in [0.29, 0.717) is 26.4 Å². The largest absolute Gasteiger partial charge is 0.399 e. The molecule has 0 aliphatic heterocycles. The molecule has 7 heteroatoms. The first-order valence-corrected chi connectivity index (χ1v) is 8.29. The average molecular weight is 376 g/mol. The van der Waals surface area contributed by atoms with Crippen LogP contribution in [-0.4, -0.2) is 8.42 Å². The zero-order chi connectivity index (χ0) is 14.9. The molecule has 0 aromatic heterocycles. The second kappa shape index (κ2) is 5.63. The molecule has 2 aromatic rings. The Kier molecular flexibility index (Phi) is 4.27. The third kappa shape index (κ3) is 3.26. The van der Waals surface area contributed by atoms with Gasteiger partial charge in [-0.25, -0.2) is 8.42 Å². The Labute approximate surface area is 131 Å². The van der Waals surface area contributed by atoms with Crippen molar-refractivity contribution in [3.63, 3.8) is 0 Å². The van der Waals surface area contributed by atoms with E-state index < -0.39 is 10.0 Å². The van der Waals surface area contributed by atoms with E-state index in [1.165, 1.54) is 6.07 Å². The third-order valence-corrected chi connectivity index (χ3v) is 5.42. The number of halogens is 2. The summed E-state index contributed by atoms with van der Waals surface area (Å²) in [4.78, 5) is 0.192. The topological polar surface area (TPSA) is 72.2 Å². The normalized spacial score (nSPS) is 11.3. The van der Waals surface area contributed by atoms with Gasteiger partial charge in [0.05, 0.1) is 15.6 Å². The number of nitrogens with one attached hydrogen (secondary N) is 1. The van der Waals surface area contributed by atoms with Gasteiger partial charge >= 0.3 is 0 Å². The Morgan fingerprint density at radius 3 is 2.50 bits per heavy atom. The number of sulfonamides is 1. The molecule has 0 aliphatic rings. The van der Waals surface area contributed by atoms with Crippen molar-refractivity contribution in [3.05, 3.63) is 51.5 Å². The highest BCUT2D eigenvalue weighted by atomic mass is 79.9. The molecule has 0 bridgehead atoms. The fourth-order valence-electron chi connectivity index (χ4n) is 1.74. The van der Waals surface area contributed by atoms with Crippen molar-refractivity contribution in [2.24, 2.45) is 0 Å². The van der Waals surface area contributed by atoms with Crippen LogP contribution in [0, 0.1) is 6.92 Å². The van der Waals surface area contributed by atoms with E-state index in [9.17, 15) is 8.42 Å². The van der Waals surface area contributed by atoms with Gasteiger partial charge in [0, 0.05) is 10.2 Å². The predicted molar refractivity (Wildman–Crippen MR) is 85.6 cm³/mol. The summed E-state index contributed by atoms with van der Waals surface area (Å²) >= 11 is 9.12. The van der Waals surface area contributed by atoms with Crippen molar-refractivity contribution in [1.82, 2.24) is 0 Å². The third-order valence-electron chi connectivity index (χ3n) is 2.66. The van der Waals surface area contributed by atoms with Crippen LogP contribution in [0.25, 0.3) is 0 Å². The van der Waals surface area contributed by atoms with Gasteiger partial charge in [0.25, 0.3) is 10.0 Å². The predicted octanol–water partition coefficient (Wildman–Crippen LogP) is 3.79. The van der Waals surface area contributed by atoms with Crippen molar-refractivity contribution in [2.75, 3.05) is 10.5 Å². The van der Waals surface area contributed by atoms with Gasteiger partial charge < -0.3 is 5.73 Å². The SMILES string of the molecule is Cc1cc(N)ccc1S(=O)(=O)Nc1ccc(Cl)c(Br)c1. The summed E-state index contributed by atoms with van der Waals surface area (Å²) in [6.45, 7) is 1.70. The lowest BCUT2D eigenvalue weighted by Crippen LogP contribution is -2.14. The first kappa shape index (κ1) is 15.2. The van der Waals surface area contributed by atoms with E-state index in [0.717, 1.165) is 0 Å². The van der Waals surface area contributed by atoms with Gasteiger partial charge in [-0.15, -0.1) is 0 Å². The number of hydrogen-bond acceptors (Lipinski definition) is 3. The van der Waals surface area contributed by atoms with E-state index in [1.807, 2.05) is 0 Å². The van der Waals surface area contributed by atoms with Crippen LogP contribution in [0.2, 0.25) is 5.02 Å². The maximum Gasteiger partial charge on any atom is 0.262 e. The zero-order valence-electron chi connectivity index (χ0n) is 10.5. The number of anilines is 2. The summed E-state index contributed by atoms with van der Waals surface area (Å²) in [7, 11) is -3.66. The molecule has 0 amide bonds. The van der Waals surface area contributed by atoms with Gasteiger partial charge in [-0.1, -0.05) is 11.6 Å². The molecule has 0 aliphatic carbocycles. The average Bonchev–Trinajstić information content (AvgIpc) is 2.33. The molecule has 3 N–H and O–H groups in total. The summed E-state index contributed by atoms with van der Waals surface area (Å²) in [5.41, 5.74) is 7.16. The highest BCUT2D eigenvalue weighted by Gasteiger charge is 2.17. The molecular weight excluding hydrogens is 364 g/mol. The van der Waals surface area contributed by atoms with Crippen molar-refractivity contribution >= 4 is 48.9 Å². The van der Waals surface area contributed by atoms with Gasteiger partial charge in [-0.2, -0.15) is 0 Å². The molecule has 0 unspecified atom stereocenters. The first-order chi connectivity index (χ1) is 9.29. The number of nitrogen functional groups attached to an aromatic ring is 1.